The Balaban J connectivity index is 2.27. The molecule has 0 bridgehead atoms. The molecule has 0 aromatic carbocycles. The van der Waals surface area contributed by atoms with Gasteiger partial charge in [-0.1, -0.05) is 6.92 Å². The van der Waals surface area contributed by atoms with Crippen LogP contribution in [0, 0.1) is 5.92 Å². The maximum atomic E-state index is 11.9. The molecule has 94 valence electrons. The monoisotopic (exact) mass is 228 g/mol. The summed E-state index contributed by atoms with van der Waals surface area (Å²) in [6.07, 6.45) is 1.68. The molecular formula is C12H24N2O2. The highest BCUT2D eigenvalue weighted by atomic mass is 16.5. The smallest absolute Gasteiger partial charge is 0.224 e. The number of nitrogens with zero attached hydrogens (tertiary/aromatic N) is 1. The first-order valence-electron chi connectivity index (χ1n) is 6.17. The van der Waals surface area contributed by atoms with Gasteiger partial charge in [0, 0.05) is 38.6 Å². The standard InChI is InChI=1S/C12H24N2O2/c1-4-13-10(2)7-12(15)14-6-5-11(8-14)9-16-3/h10-11,13H,4-9H2,1-3H3. The van der Waals surface area contributed by atoms with Crippen molar-refractivity contribution in [3.05, 3.63) is 0 Å². The normalized spacial score (nSPS) is 22.4. The van der Waals surface area contributed by atoms with Gasteiger partial charge in [0.05, 0.1) is 6.61 Å². The minimum atomic E-state index is 0.270. The molecule has 4 nitrogen and oxygen atoms in total. The van der Waals surface area contributed by atoms with Gasteiger partial charge in [0.1, 0.15) is 0 Å². The predicted molar refractivity (Wildman–Crippen MR) is 64.3 cm³/mol. The molecule has 1 rings (SSSR count). The van der Waals surface area contributed by atoms with Crippen LogP contribution < -0.4 is 5.32 Å². The van der Waals surface area contributed by atoms with Crippen LogP contribution in [0.4, 0.5) is 0 Å². The second-order valence-corrected chi connectivity index (χ2v) is 4.61. The molecule has 1 aliphatic heterocycles. The van der Waals surface area contributed by atoms with Crippen LogP contribution in [-0.2, 0) is 9.53 Å². The van der Waals surface area contributed by atoms with E-state index in [2.05, 4.69) is 19.2 Å². The van der Waals surface area contributed by atoms with Crippen LogP contribution in [0.3, 0.4) is 0 Å². The Hall–Kier alpha value is -0.610. The number of amides is 1. The Morgan fingerprint density at radius 1 is 1.62 bits per heavy atom. The molecule has 16 heavy (non-hydrogen) atoms. The summed E-state index contributed by atoms with van der Waals surface area (Å²) in [4.78, 5) is 13.9. The van der Waals surface area contributed by atoms with Crippen LogP contribution in [0.2, 0.25) is 0 Å². The van der Waals surface area contributed by atoms with Crippen molar-refractivity contribution in [3.8, 4) is 0 Å². The van der Waals surface area contributed by atoms with Gasteiger partial charge in [-0.15, -0.1) is 0 Å². The van der Waals surface area contributed by atoms with Crippen molar-refractivity contribution in [2.24, 2.45) is 5.92 Å². The van der Waals surface area contributed by atoms with E-state index in [1.54, 1.807) is 7.11 Å². The molecule has 4 heteroatoms. The molecule has 0 radical (unpaired) electrons. The van der Waals surface area contributed by atoms with Gasteiger partial charge in [0.15, 0.2) is 0 Å². The average Bonchev–Trinajstić information content (AvgIpc) is 2.67. The summed E-state index contributed by atoms with van der Waals surface area (Å²) in [6.45, 7) is 7.57. The average molecular weight is 228 g/mol. The Morgan fingerprint density at radius 2 is 2.38 bits per heavy atom. The third-order valence-electron chi connectivity index (χ3n) is 3.07. The van der Waals surface area contributed by atoms with Gasteiger partial charge in [-0.3, -0.25) is 4.79 Å². The number of nitrogens with one attached hydrogen (secondary N) is 1. The molecule has 0 saturated carbocycles. The summed E-state index contributed by atoms with van der Waals surface area (Å²) >= 11 is 0. The van der Waals surface area contributed by atoms with E-state index < -0.39 is 0 Å². The van der Waals surface area contributed by atoms with Crippen molar-refractivity contribution < 1.29 is 9.53 Å². The van der Waals surface area contributed by atoms with Crippen molar-refractivity contribution >= 4 is 5.91 Å². The Kier molecular flexibility index (Phi) is 5.77. The van der Waals surface area contributed by atoms with Crippen LogP contribution in [0.25, 0.3) is 0 Å². The lowest BCUT2D eigenvalue weighted by Gasteiger charge is -2.19. The molecule has 1 aliphatic rings. The fourth-order valence-corrected chi connectivity index (χ4v) is 2.24. The number of likely N-dealkylation sites (tertiary alicyclic amines) is 1. The Labute approximate surface area is 98.3 Å². The minimum absolute atomic E-state index is 0.270. The van der Waals surface area contributed by atoms with Crippen molar-refractivity contribution in [3.63, 3.8) is 0 Å². The van der Waals surface area contributed by atoms with Crippen LogP contribution >= 0.6 is 0 Å². The van der Waals surface area contributed by atoms with Crippen LogP contribution in [-0.4, -0.2) is 50.2 Å². The van der Waals surface area contributed by atoms with Gasteiger partial charge in [-0.2, -0.15) is 0 Å². The second-order valence-electron chi connectivity index (χ2n) is 4.61. The number of carbonyl (C=O) groups is 1. The molecule has 0 spiro atoms. The Bertz CT molecular complexity index is 221. The second kappa shape index (κ2) is 6.86. The molecule has 1 fully saturated rings. The van der Waals surface area contributed by atoms with E-state index in [4.69, 9.17) is 4.74 Å². The van der Waals surface area contributed by atoms with Crippen molar-refractivity contribution in [2.75, 3.05) is 33.4 Å². The van der Waals surface area contributed by atoms with E-state index in [0.29, 0.717) is 12.3 Å². The number of rotatable bonds is 6. The quantitative estimate of drug-likeness (QED) is 0.733. The third kappa shape index (κ3) is 4.10. The topological polar surface area (TPSA) is 41.6 Å². The highest BCUT2D eigenvalue weighted by Gasteiger charge is 2.26. The molecule has 2 unspecified atom stereocenters. The highest BCUT2D eigenvalue weighted by molar-refractivity contribution is 5.77. The van der Waals surface area contributed by atoms with Crippen molar-refractivity contribution in [1.82, 2.24) is 10.2 Å². The lowest BCUT2D eigenvalue weighted by atomic mass is 10.1. The summed E-state index contributed by atoms with van der Waals surface area (Å²) < 4.78 is 5.12. The lowest BCUT2D eigenvalue weighted by Crippen LogP contribution is -2.36. The van der Waals surface area contributed by atoms with E-state index >= 15 is 0 Å². The van der Waals surface area contributed by atoms with Crippen LogP contribution in [0.1, 0.15) is 26.7 Å². The fraction of sp³-hybridized carbons (Fsp3) is 0.917. The molecule has 0 aromatic rings. The lowest BCUT2D eigenvalue weighted by molar-refractivity contribution is -0.130. The van der Waals surface area contributed by atoms with E-state index in [-0.39, 0.29) is 11.9 Å². The molecule has 1 N–H and O–H groups in total. The summed E-state index contributed by atoms with van der Waals surface area (Å²) in [7, 11) is 1.72. The van der Waals surface area contributed by atoms with Gasteiger partial charge in [0.25, 0.3) is 0 Å². The Morgan fingerprint density at radius 3 is 3.00 bits per heavy atom. The van der Waals surface area contributed by atoms with Crippen molar-refractivity contribution in [2.45, 2.75) is 32.7 Å². The van der Waals surface area contributed by atoms with Gasteiger partial charge in [0.2, 0.25) is 5.91 Å². The number of ether oxygens (including phenoxy) is 1. The zero-order valence-corrected chi connectivity index (χ0v) is 10.7. The van der Waals surface area contributed by atoms with Gasteiger partial charge in [-0.05, 0) is 19.9 Å². The summed E-state index contributed by atoms with van der Waals surface area (Å²) in [6, 6.07) is 0.277. The molecule has 1 amide bonds. The molecule has 2 atom stereocenters. The van der Waals surface area contributed by atoms with E-state index in [1.165, 1.54) is 0 Å². The van der Waals surface area contributed by atoms with Gasteiger partial charge in [-0.25, -0.2) is 0 Å². The van der Waals surface area contributed by atoms with E-state index in [9.17, 15) is 4.79 Å². The number of hydrogen-bond donors (Lipinski definition) is 1. The molecule has 1 saturated heterocycles. The maximum Gasteiger partial charge on any atom is 0.224 e. The predicted octanol–water partition coefficient (Wildman–Crippen LogP) is 0.869. The van der Waals surface area contributed by atoms with Crippen LogP contribution in [0.5, 0.6) is 0 Å². The summed E-state index contributed by atoms with van der Waals surface area (Å²) in [5, 5.41) is 3.26. The first-order valence-corrected chi connectivity index (χ1v) is 6.17. The number of carbonyl (C=O) groups excluding carboxylic acids is 1. The summed E-state index contributed by atoms with van der Waals surface area (Å²) in [5.74, 6) is 0.801. The molecule has 0 aromatic heterocycles. The highest BCUT2D eigenvalue weighted by Crippen LogP contribution is 2.17. The zero-order chi connectivity index (χ0) is 12.0. The molecular weight excluding hydrogens is 204 g/mol. The van der Waals surface area contributed by atoms with Gasteiger partial charge < -0.3 is 15.0 Å². The van der Waals surface area contributed by atoms with E-state index in [0.717, 1.165) is 32.7 Å². The largest absolute Gasteiger partial charge is 0.384 e. The fourth-order valence-electron chi connectivity index (χ4n) is 2.24. The van der Waals surface area contributed by atoms with Crippen LogP contribution in [0.15, 0.2) is 0 Å². The zero-order valence-electron chi connectivity index (χ0n) is 10.7. The number of hydrogen-bond acceptors (Lipinski definition) is 3. The first-order chi connectivity index (χ1) is 7.67. The summed E-state index contributed by atoms with van der Waals surface area (Å²) in [5.41, 5.74) is 0. The third-order valence-corrected chi connectivity index (χ3v) is 3.07. The van der Waals surface area contributed by atoms with E-state index in [1.807, 2.05) is 4.90 Å². The SMILES string of the molecule is CCNC(C)CC(=O)N1CCC(COC)C1. The van der Waals surface area contributed by atoms with Crippen molar-refractivity contribution in [1.29, 1.82) is 0 Å². The number of methoxy groups -OCH3 is 1. The molecule has 0 aliphatic carbocycles. The minimum Gasteiger partial charge on any atom is -0.384 e. The van der Waals surface area contributed by atoms with Gasteiger partial charge >= 0.3 is 0 Å². The maximum absolute atomic E-state index is 11.9. The molecule has 1 heterocycles. The first kappa shape index (κ1) is 13.5.